The van der Waals surface area contributed by atoms with Gasteiger partial charge in [-0.15, -0.1) is 0 Å². The molecule has 0 aromatic carbocycles. The Bertz CT molecular complexity index is 458. The van der Waals surface area contributed by atoms with Crippen LogP contribution in [0.4, 0.5) is 4.39 Å². The molecule has 0 bridgehead atoms. The minimum absolute atomic E-state index is 0.203. The normalized spacial score (nSPS) is 24.3. The van der Waals surface area contributed by atoms with Gasteiger partial charge in [-0.1, -0.05) is 0 Å². The first kappa shape index (κ1) is 11.8. The maximum absolute atomic E-state index is 13.3. The lowest BCUT2D eigenvalue weighted by Crippen LogP contribution is -2.51. The van der Waals surface area contributed by atoms with Crippen LogP contribution in [0.15, 0.2) is 23.5 Å². The molecule has 0 saturated carbocycles. The smallest absolute Gasteiger partial charge is 0.192 e. The van der Waals surface area contributed by atoms with E-state index in [9.17, 15) is 4.39 Å². The lowest BCUT2D eigenvalue weighted by molar-refractivity contribution is 0.184. The minimum atomic E-state index is -0.409. The molecule has 2 rings (SSSR count). The maximum atomic E-state index is 13.3. The summed E-state index contributed by atoms with van der Waals surface area (Å²) in [4.78, 5) is 10.2. The molecule has 2 heterocycles. The number of aromatic nitrogens is 1. The fourth-order valence-electron chi connectivity index (χ4n) is 2.41. The second-order valence-corrected chi connectivity index (χ2v) is 4.80. The predicted octanol–water partition coefficient (Wildman–Crippen LogP) is 1.47. The number of rotatable bonds is 2. The summed E-state index contributed by atoms with van der Waals surface area (Å²) in [5.41, 5.74) is 6.28. The lowest BCUT2D eigenvalue weighted by Gasteiger charge is -2.39. The average Bonchev–Trinajstić information content (AvgIpc) is 2.56. The van der Waals surface area contributed by atoms with E-state index in [1.54, 1.807) is 6.20 Å². The lowest BCUT2D eigenvalue weighted by atomic mass is 9.91. The summed E-state index contributed by atoms with van der Waals surface area (Å²) in [5.74, 6) is 0.171. The van der Waals surface area contributed by atoms with E-state index in [0.717, 1.165) is 5.56 Å². The number of nitrogens with zero attached hydrogens (tertiary/aromatic N) is 3. The van der Waals surface area contributed by atoms with Crippen LogP contribution in [0.2, 0.25) is 0 Å². The fraction of sp³-hybridized carbons (Fsp3) is 0.500. The maximum Gasteiger partial charge on any atom is 0.192 e. The Balaban J connectivity index is 2.43. The number of aliphatic imine (C=N–C) groups is 1. The van der Waals surface area contributed by atoms with Crippen molar-refractivity contribution >= 4 is 5.96 Å². The molecule has 1 aromatic rings. The van der Waals surface area contributed by atoms with Crippen molar-refractivity contribution in [3.05, 3.63) is 29.8 Å². The van der Waals surface area contributed by atoms with Crippen molar-refractivity contribution in [2.75, 3.05) is 6.54 Å². The number of nitrogens with two attached hydrogens (primary N) is 1. The second-order valence-electron chi connectivity index (χ2n) is 4.80. The molecule has 0 saturated heterocycles. The average molecular weight is 236 g/mol. The van der Waals surface area contributed by atoms with Crippen molar-refractivity contribution in [2.45, 2.75) is 32.4 Å². The predicted molar refractivity (Wildman–Crippen MR) is 65.0 cm³/mol. The highest BCUT2D eigenvalue weighted by molar-refractivity contribution is 5.81. The highest BCUT2D eigenvalue weighted by Crippen LogP contribution is 2.33. The summed E-state index contributed by atoms with van der Waals surface area (Å²) in [5, 5.41) is 0. The van der Waals surface area contributed by atoms with E-state index in [1.807, 2.05) is 25.7 Å². The number of halogens is 1. The summed E-state index contributed by atoms with van der Waals surface area (Å²) < 4.78 is 13.3. The first-order valence-electron chi connectivity index (χ1n) is 5.65. The van der Waals surface area contributed by atoms with Gasteiger partial charge in [-0.2, -0.15) is 0 Å². The number of pyridine rings is 1. The van der Waals surface area contributed by atoms with Gasteiger partial charge in [0, 0.05) is 17.8 Å². The molecule has 1 unspecified atom stereocenters. The molecule has 2 N–H and O–H groups in total. The Morgan fingerprint density at radius 3 is 2.76 bits per heavy atom. The van der Waals surface area contributed by atoms with Crippen molar-refractivity contribution in [2.24, 2.45) is 10.7 Å². The van der Waals surface area contributed by atoms with Crippen LogP contribution in [-0.2, 0) is 5.54 Å². The van der Waals surface area contributed by atoms with Gasteiger partial charge in [0.2, 0.25) is 0 Å². The van der Waals surface area contributed by atoms with E-state index in [2.05, 4.69) is 9.98 Å². The molecule has 5 heteroatoms. The van der Waals surface area contributed by atoms with Crippen LogP contribution in [0.3, 0.4) is 0 Å². The highest BCUT2D eigenvalue weighted by Gasteiger charge is 2.41. The largest absolute Gasteiger partial charge is 0.370 e. The fourth-order valence-corrected chi connectivity index (χ4v) is 2.41. The number of guanidine groups is 1. The molecule has 1 aromatic heterocycles. The van der Waals surface area contributed by atoms with Crippen LogP contribution in [0.1, 0.15) is 26.3 Å². The van der Waals surface area contributed by atoms with Gasteiger partial charge < -0.3 is 10.6 Å². The molecule has 0 aliphatic carbocycles. The molecular formula is C12H17FN4. The first-order chi connectivity index (χ1) is 7.95. The van der Waals surface area contributed by atoms with Crippen molar-refractivity contribution in [1.29, 1.82) is 0 Å². The summed E-state index contributed by atoms with van der Waals surface area (Å²) in [6, 6.07) is 1.70. The van der Waals surface area contributed by atoms with Gasteiger partial charge in [-0.05, 0) is 26.8 Å². The molecule has 4 nitrogen and oxygen atoms in total. The zero-order chi connectivity index (χ0) is 12.6. The standard InChI is InChI=1S/C12H17FN4/c1-8(2)17-11(14)16-7-12(17,3)9-4-10(13)6-15-5-9/h4-6,8H,7H2,1-3H3,(H2,14,16). The van der Waals surface area contributed by atoms with Gasteiger partial charge in [0.15, 0.2) is 5.96 Å². The zero-order valence-corrected chi connectivity index (χ0v) is 10.3. The SMILES string of the molecule is CC(C)N1C(N)=NCC1(C)c1cncc(F)c1. The molecular weight excluding hydrogens is 219 g/mol. The van der Waals surface area contributed by atoms with E-state index in [-0.39, 0.29) is 11.9 Å². The third-order valence-electron chi connectivity index (χ3n) is 3.17. The number of hydrogen-bond acceptors (Lipinski definition) is 4. The molecule has 92 valence electrons. The Hall–Kier alpha value is -1.65. The van der Waals surface area contributed by atoms with Crippen molar-refractivity contribution in [3.63, 3.8) is 0 Å². The zero-order valence-electron chi connectivity index (χ0n) is 10.3. The van der Waals surface area contributed by atoms with Crippen LogP contribution in [-0.4, -0.2) is 28.4 Å². The van der Waals surface area contributed by atoms with E-state index in [0.29, 0.717) is 12.5 Å². The van der Waals surface area contributed by atoms with Crippen molar-refractivity contribution < 1.29 is 4.39 Å². The van der Waals surface area contributed by atoms with E-state index < -0.39 is 5.54 Å². The van der Waals surface area contributed by atoms with Gasteiger partial charge >= 0.3 is 0 Å². The quantitative estimate of drug-likeness (QED) is 0.846. The topological polar surface area (TPSA) is 54.5 Å². The molecule has 0 fully saturated rings. The molecule has 17 heavy (non-hydrogen) atoms. The van der Waals surface area contributed by atoms with Crippen molar-refractivity contribution in [3.8, 4) is 0 Å². The summed E-state index contributed by atoms with van der Waals surface area (Å²) >= 11 is 0. The summed E-state index contributed by atoms with van der Waals surface area (Å²) in [7, 11) is 0. The van der Waals surface area contributed by atoms with Gasteiger partial charge in [0.25, 0.3) is 0 Å². The van der Waals surface area contributed by atoms with E-state index in [4.69, 9.17) is 5.73 Å². The minimum Gasteiger partial charge on any atom is -0.370 e. The Morgan fingerprint density at radius 2 is 2.18 bits per heavy atom. The summed E-state index contributed by atoms with van der Waals surface area (Å²) in [6.45, 7) is 6.62. The van der Waals surface area contributed by atoms with E-state index in [1.165, 1.54) is 12.3 Å². The third kappa shape index (κ3) is 1.85. The molecule has 1 aliphatic rings. The van der Waals surface area contributed by atoms with Crippen LogP contribution in [0, 0.1) is 5.82 Å². The van der Waals surface area contributed by atoms with Crippen LogP contribution < -0.4 is 5.73 Å². The van der Waals surface area contributed by atoms with Crippen LogP contribution in [0.25, 0.3) is 0 Å². The Kier molecular flexibility index (Phi) is 2.77. The summed E-state index contributed by atoms with van der Waals surface area (Å²) in [6.07, 6.45) is 2.87. The van der Waals surface area contributed by atoms with Crippen LogP contribution >= 0.6 is 0 Å². The highest BCUT2D eigenvalue weighted by atomic mass is 19.1. The number of hydrogen-bond donors (Lipinski definition) is 1. The molecule has 0 radical (unpaired) electrons. The Morgan fingerprint density at radius 1 is 1.47 bits per heavy atom. The molecule has 0 amide bonds. The van der Waals surface area contributed by atoms with Crippen LogP contribution in [0.5, 0.6) is 0 Å². The van der Waals surface area contributed by atoms with Gasteiger partial charge in [0.1, 0.15) is 5.82 Å². The second kappa shape index (κ2) is 3.98. The Labute approximate surface area is 100 Å². The monoisotopic (exact) mass is 236 g/mol. The van der Waals surface area contributed by atoms with Gasteiger partial charge in [-0.25, -0.2) is 4.39 Å². The third-order valence-corrected chi connectivity index (χ3v) is 3.17. The van der Waals surface area contributed by atoms with Gasteiger partial charge in [0.05, 0.1) is 18.3 Å². The van der Waals surface area contributed by atoms with Gasteiger partial charge in [-0.3, -0.25) is 9.98 Å². The molecule has 1 aliphatic heterocycles. The molecule has 0 spiro atoms. The van der Waals surface area contributed by atoms with E-state index >= 15 is 0 Å². The molecule has 1 atom stereocenters. The first-order valence-corrected chi connectivity index (χ1v) is 5.65. The van der Waals surface area contributed by atoms with Crippen molar-refractivity contribution in [1.82, 2.24) is 9.88 Å².